The molecule has 9 N–H and O–H groups in total. The molecule has 25 nitrogen and oxygen atoms in total. The second-order valence-corrected chi connectivity index (χ2v) is 18.7. The summed E-state index contributed by atoms with van der Waals surface area (Å²) in [6.07, 6.45) is -10.4. The first kappa shape index (κ1) is 47.2. The molecule has 344 valence electrons. The molecule has 0 aliphatic carbocycles. The highest BCUT2D eigenvalue weighted by molar-refractivity contribution is 9.10. The summed E-state index contributed by atoms with van der Waals surface area (Å²) in [4.78, 5) is 83.9. The van der Waals surface area contributed by atoms with Gasteiger partial charge in [0.05, 0.1) is 37.5 Å². The molecule has 9 atom stereocenters. The van der Waals surface area contributed by atoms with E-state index in [9.17, 15) is 58.8 Å². The van der Waals surface area contributed by atoms with E-state index >= 15 is 0 Å². The monoisotopic (exact) mass is 995 g/mol. The summed E-state index contributed by atoms with van der Waals surface area (Å²) in [6, 6.07) is 10.5. The Balaban J connectivity index is 0.998. The molecular formula is C36H40BrN9O16P2-2. The van der Waals surface area contributed by atoms with Crippen molar-refractivity contribution in [2.45, 2.75) is 69.5 Å². The molecule has 64 heavy (non-hydrogen) atoms. The number of H-pyrrole nitrogens is 2. The van der Waals surface area contributed by atoms with Crippen LogP contribution in [0.25, 0.3) is 11.2 Å². The van der Waals surface area contributed by atoms with Crippen LogP contribution in [0.5, 0.6) is 0 Å². The molecule has 2 aliphatic rings. The van der Waals surface area contributed by atoms with Gasteiger partial charge < -0.3 is 59.7 Å². The molecule has 5 aromatic rings. The maximum Gasteiger partial charge on any atom is 0.327 e. The number of imidazole rings is 1. The molecule has 1 amide bonds. The Morgan fingerprint density at radius 1 is 0.969 bits per heavy atom. The first-order valence-corrected chi connectivity index (χ1v) is 22.8. The molecule has 3 aromatic heterocycles. The number of nitrogens with one attached hydrogen (secondary N) is 2. The lowest BCUT2D eigenvalue weighted by Gasteiger charge is -2.40. The highest BCUT2D eigenvalue weighted by atomic mass is 79.9. The Morgan fingerprint density at radius 3 is 2.34 bits per heavy atom. The standard InChI is InChI=1S/C36H42BrN9O16P2/c1-16-9-20-21(10-17(16)2)46(25(49)8-5-18-3-6-19(37)7-4-18)27-33(42-36(54)43-34(27)53)44(20)11-22(47)28(50)23(48)12-59-63(55,56)62-64(57,58)60-13-24-29(51)30(52)35(61-24)45-15-41-26-31(38)39-14-40-32(26)45/h3-4,6-7,9-10,14-15,22-24,28-30,35,47-48,50-52H,5,8,11-13H2,1-2H3,(H,55,56)(H,57,58)(H2,38,39,40)(H2,42,43,53,54)/p-2/t22-,23+,24+,28-,29+,30+,35+/m0/s1. The van der Waals surface area contributed by atoms with Crippen molar-refractivity contribution in [1.82, 2.24) is 29.5 Å². The van der Waals surface area contributed by atoms with E-state index in [0.29, 0.717) is 17.5 Å². The van der Waals surface area contributed by atoms with Crippen LogP contribution in [-0.4, -0.2) is 117 Å². The number of aliphatic hydroxyl groups is 5. The van der Waals surface area contributed by atoms with Crippen LogP contribution in [0.3, 0.4) is 0 Å². The topological polar surface area (TPSA) is 377 Å². The van der Waals surface area contributed by atoms with Crippen LogP contribution >= 0.6 is 31.6 Å². The van der Waals surface area contributed by atoms with E-state index in [1.54, 1.807) is 26.0 Å². The van der Waals surface area contributed by atoms with Gasteiger partial charge in [0, 0.05) is 10.9 Å². The van der Waals surface area contributed by atoms with E-state index < -0.39 is 95.4 Å². The number of phosphoric acid groups is 2. The molecule has 0 bridgehead atoms. The number of halogens is 1. The fourth-order valence-corrected chi connectivity index (χ4v) is 9.35. The number of aromatic amines is 2. The number of phosphoric ester groups is 2. The minimum absolute atomic E-state index is 0.00667. The van der Waals surface area contributed by atoms with Gasteiger partial charge in [0.1, 0.15) is 54.3 Å². The molecule has 7 rings (SSSR count). The van der Waals surface area contributed by atoms with Crippen LogP contribution in [0, 0.1) is 13.8 Å². The van der Waals surface area contributed by atoms with Gasteiger partial charge in [0.2, 0.25) is 5.91 Å². The first-order chi connectivity index (χ1) is 30.1. The highest BCUT2D eigenvalue weighted by Crippen LogP contribution is 2.56. The molecule has 0 radical (unpaired) electrons. The van der Waals surface area contributed by atoms with Crippen molar-refractivity contribution in [3.05, 3.63) is 91.1 Å². The second-order valence-electron chi connectivity index (χ2n) is 14.8. The number of ether oxygens (including phenoxy) is 1. The molecule has 2 aliphatic heterocycles. The van der Waals surface area contributed by atoms with Crippen molar-refractivity contribution in [3.63, 3.8) is 0 Å². The lowest BCUT2D eigenvalue weighted by Crippen LogP contribution is -2.48. The number of β-amino-alcohol motifs (C(OH)–C–C–N with tert-alkyl or cyclic N) is 1. The van der Waals surface area contributed by atoms with Crippen molar-refractivity contribution in [2.75, 3.05) is 35.3 Å². The molecule has 5 heterocycles. The number of nitrogens with two attached hydrogens (primary N) is 1. The number of rotatable bonds is 16. The maximum atomic E-state index is 14.0. The molecule has 1 fully saturated rings. The van der Waals surface area contributed by atoms with Crippen LogP contribution in [0.4, 0.5) is 28.7 Å². The van der Waals surface area contributed by atoms with Gasteiger partial charge in [-0.25, -0.2) is 24.1 Å². The number of nitrogen functional groups attached to an aromatic ring is 1. The number of carbonyl (C=O) groups is 1. The Bertz CT molecular complexity index is 2780. The van der Waals surface area contributed by atoms with Crippen molar-refractivity contribution in [2.24, 2.45) is 0 Å². The number of hydrogen-bond acceptors (Lipinski definition) is 21. The summed E-state index contributed by atoms with van der Waals surface area (Å²) < 4.78 is 45.9. The number of amides is 1. The van der Waals surface area contributed by atoms with E-state index in [4.69, 9.17) is 10.5 Å². The summed E-state index contributed by atoms with van der Waals surface area (Å²) in [7, 11) is -11.8. The predicted octanol–water partition coefficient (Wildman–Crippen LogP) is -0.698. The van der Waals surface area contributed by atoms with Crippen molar-refractivity contribution >= 4 is 77.3 Å². The number of hydrogen-bond donors (Lipinski definition) is 8. The quantitative estimate of drug-likeness (QED) is 0.0567. The number of carbonyl (C=O) groups excluding carboxylic acids is 1. The van der Waals surface area contributed by atoms with E-state index in [0.717, 1.165) is 21.3 Å². The van der Waals surface area contributed by atoms with Gasteiger partial charge in [-0.2, -0.15) is 0 Å². The van der Waals surface area contributed by atoms with Gasteiger partial charge in [0.25, 0.3) is 21.2 Å². The van der Waals surface area contributed by atoms with E-state index in [2.05, 4.69) is 54.2 Å². The third kappa shape index (κ3) is 9.90. The number of anilines is 5. The molecule has 2 aromatic carbocycles. The number of fused-ring (bicyclic) bond motifs is 3. The van der Waals surface area contributed by atoms with Gasteiger partial charge >= 0.3 is 5.69 Å². The Hall–Kier alpha value is -4.76. The number of aliphatic hydroxyl groups excluding tert-OH is 5. The van der Waals surface area contributed by atoms with Crippen LogP contribution in [0.1, 0.15) is 29.3 Å². The fraction of sp³-hybridized carbons (Fsp3) is 0.389. The third-order valence-corrected chi connectivity index (χ3v) is 13.5. The SMILES string of the molecule is Cc1cc2c(cc1C)N(C(=O)CCc1ccc(Br)cc1)c1c([nH]c(=O)[nH]c1=O)N2C[C@H](O)[C@H](O)[C@H](O)COP(=O)([O-])OP(=O)([O-])OC[C@H]1O[C@@H](n2cnc3c(N)ncnc32)[C@H](O)[C@@H]1O. The minimum Gasteiger partial charge on any atom is -0.756 e. The molecule has 0 spiro atoms. The molecule has 1 saturated heterocycles. The second kappa shape index (κ2) is 18.6. The smallest absolute Gasteiger partial charge is 0.327 e. The van der Waals surface area contributed by atoms with Crippen molar-refractivity contribution in [3.8, 4) is 0 Å². The molecule has 0 saturated carbocycles. The van der Waals surface area contributed by atoms with E-state index in [1.807, 2.05) is 24.3 Å². The Labute approximate surface area is 369 Å². The van der Waals surface area contributed by atoms with Gasteiger partial charge in [-0.05, 0) is 61.2 Å². The number of benzene rings is 2. The summed E-state index contributed by atoms with van der Waals surface area (Å²) in [5, 5.41) is 54.0. The minimum atomic E-state index is -5.92. The lowest BCUT2D eigenvalue weighted by molar-refractivity contribution is -0.247. The average molecular weight is 997 g/mol. The van der Waals surface area contributed by atoms with Gasteiger partial charge in [0.15, 0.2) is 23.4 Å². The average Bonchev–Trinajstić information content (AvgIpc) is 3.79. The summed E-state index contributed by atoms with van der Waals surface area (Å²) in [5.74, 6) is -0.764. The summed E-state index contributed by atoms with van der Waals surface area (Å²) >= 11 is 3.37. The van der Waals surface area contributed by atoms with Crippen molar-refractivity contribution in [1.29, 1.82) is 0 Å². The van der Waals surface area contributed by atoms with E-state index in [1.165, 1.54) is 15.8 Å². The first-order valence-electron chi connectivity index (χ1n) is 19.1. The van der Waals surface area contributed by atoms with Crippen LogP contribution in [0.2, 0.25) is 0 Å². The molecular weight excluding hydrogens is 956 g/mol. The Morgan fingerprint density at radius 2 is 1.64 bits per heavy atom. The highest BCUT2D eigenvalue weighted by Gasteiger charge is 2.45. The summed E-state index contributed by atoms with van der Waals surface area (Å²) in [6.45, 7) is 0.389. The zero-order valence-electron chi connectivity index (χ0n) is 33.5. The lowest BCUT2D eigenvalue weighted by atomic mass is 10.0. The predicted molar refractivity (Wildman–Crippen MR) is 222 cm³/mol. The normalized spacial score (nSPS) is 21.8. The van der Waals surface area contributed by atoms with Gasteiger partial charge in [-0.3, -0.25) is 38.2 Å². The fourth-order valence-electron chi connectivity index (χ4n) is 7.06. The maximum absolute atomic E-state index is 14.0. The van der Waals surface area contributed by atoms with Crippen molar-refractivity contribution < 1.29 is 67.3 Å². The summed E-state index contributed by atoms with van der Waals surface area (Å²) in [5.41, 5.74) is 6.39. The number of nitrogens with zero attached hydrogens (tertiary/aromatic N) is 6. The van der Waals surface area contributed by atoms with Gasteiger partial charge in [-0.15, -0.1) is 0 Å². The van der Waals surface area contributed by atoms with Gasteiger partial charge in [-0.1, -0.05) is 28.1 Å². The zero-order valence-corrected chi connectivity index (χ0v) is 36.8. The largest absolute Gasteiger partial charge is 0.756 e. The Kier molecular flexibility index (Phi) is 13.7. The molecule has 28 heteroatoms. The third-order valence-electron chi connectivity index (χ3n) is 10.5. The van der Waals surface area contributed by atoms with Crippen LogP contribution in [-0.2, 0) is 38.4 Å². The van der Waals surface area contributed by atoms with Crippen LogP contribution in [0.15, 0.2) is 63.1 Å². The zero-order chi connectivity index (χ0) is 46.4. The number of aromatic nitrogens is 6. The van der Waals surface area contributed by atoms with Crippen LogP contribution < -0.4 is 36.6 Å². The molecule has 2 unspecified atom stereocenters. The number of aryl methyl sites for hydroxylation is 3. The van der Waals surface area contributed by atoms with E-state index in [-0.39, 0.29) is 46.3 Å².